The highest BCUT2D eigenvalue weighted by Crippen LogP contribution is 2.21. The first-order chi connectivity index (χ1) is 10.0. The lowest BCUT2D eigenvalue weighted by Crippen LogP contribution is -2.26. The number of para-hydroxylation sites is 1. The number of amides is 1. The second kappa shape index (κ2) is 6.76. The molecule has 0 aliphatic carbocycles. The van der Waals surface area contributed by atoms with E-state index < -0.39 is 0 Å². The highest BCUT2D eigenvalue weighted by molar-refractivity contribution is 9.10. The van der Waals surface area contributed by atoms with E-state index in [4.69, 9.17) is 4.74 Å². The number of ether oxygens (including phenoxy) is 1. The summed E-state index contributed by atoms with van der Waals surface area (Å²) < 4.78 is 6.24. The second-order valence-electron chi connectivity index (χ2n) is 4.99. The number of nitrogens with zero attached hydrogens (tertiary/aromatic N) is 1. The maximum Gasteiger partial charge on any atom is 0.253 e. The highest BCUT2D eigenvalue weighted by atomic mass is 79.9. The van der Waals surface area contributed by atoms with Crippen molar-refractivity contribution < 1.29 is 9.53 Å². The van der Waals surface area contributed by atoms with Gasteiger partial charge in [0.05, 0.1) is 7.11 Å². The van der Waals surface area contributed by atoms with Gasteiger partial charge in [-0.15, -0.1) is 0 Å². The average Bonchev–Trinajstić information content (AvgIpc) is 2.46. The molecular weight excluding hydrogens is 330 g/mol. The fourth-order valence-corrected chi connectivity index (χ4v) is 2.85. The molecule has 110 valence electrons. The zero-order chi connectivity index (χ0) is 15.4. The van der Waals surface area contributed by atoms with Crippen LogP contribution in [0.4, 0.5) is 0 Å². The number of halogens is 1. The van der Waals surface area contributed by atoms with Crippen molar-refractivity contribution in [1.29, 1.82) is 0 Å². The van der Waals surface area contributed by atoms with Gasteiger partial charge in [0.1, 0.15) is 5.75 Å². The van der Waals surface area contributed by atoms with Gasteiger partial charge in [0, 0.05) is 29.2 Å². The lowest BCUT2D eigenvalue weighted by Gasteiger charge is -2.19. The number of methoxy groups -OCH3 is 1. The van der Waals surface area contributed by atoms with Crippen LogP contribution in [-0.2, 0) is 6.54 Å². The lowest BCUT2D eigenvalue weighted by molar-refractivity contribution is 0.0784. The molecule has 4 heteroatoms. The Bertz CT molecular complexity index is 635. The van der Waals surface area contributed by atoms with Crippen LogP contribution in [0.15, 0.2) is 46.9 Å². The van der Waals surface area contributed by atoms with Crippen LogP contribution in [-0.4, -0.2) is 25.0 Å². The summed E-state index contributed by atoms with van der Waals surface area (Å²) in [7, 11) is 3.43. The standard InChI is InChI=1S/C17H18BrNO2/c1-12-8-14(10-15(18)9-12)17(20)19(2)11-13-6-4-5-7-16(13)21-3/h4-10H,11H2,1-3H3. The van der Waals surface area contributed by atoms with E-state index in [-0.39, 0.29) is 5.91 Å². The Morgan fingerprint density at radius 3 is 2.62 bits per heavy atom. The molecule has 0 atom stereocenters. The van der Waals surface area contributed by atoms with Gasteiger partial charge in [-0.3, -0.25) is 4.79 Å². The topological polar surface area (TPSA) is 29.5 Å². The summed E-state index contributed by atoms with van der Waals surface area (Å²) in [4.78, 5) is 14.2. The van der Waals surface area contributed by atoms with Crippen LogP contribution in [0.5, 0.6) is 5.75 Å². The molecule has 0 radical (unpaired) electrons. The van der Waals surface area contributed by atoms with Gasteiger partial charge in [-0.05, 0) is 36.8 Å². The van der Waals surface area contributed by atoms with Gasteiger partial charge in [-0.25, -0.2) is 0 Å². The monoisotopic (exact) mass is 347 g/mol. The Morgan fingerprint density at radius 1 is 1.24 bits per heavy atom. The molecule has 1 amide bonds. The van der Waals surface area contributed by atoms with Crippen LogP contribution in [0.2, 0.25) is 0 Å². The first-order valence-corrected chi connectivity index (χ1v) is 7.45. The van der Waals surface area contributed by atoms with E-state index in [1.54, 1.807) is 19.1 Å². The summed E-state index contributed by atoms with van der Waals surface area (Å²) in [6, 6.07) is 13.4. The molecule has 21 heavy (non-hydrogen) atoms. The molecule has 0 heterocycles. The van der Waals surface area contributed by atoms with Crippen LogP contribution in [0.3, 0.4) is 0 Å². The zero-order valence-corrected chi connectivity index (χ0v) is 14.0. The molecule has 2 aromatic carbocycles. The minimum Gasteiger partial charge on any atom is -0.496 e. The molecule has 3 nitrogen and oxygen atoms in total. The van der Waals surface area contributed by atoms with Crippen molar-refractivity contribution in [2.24, 2.45) is 0 Å². The highest BCUT2D eigenvalue weighted by Gasteiger charge is 2.14. The summed E-state index contributed by atoms with van der Waals surface area (Å²) in [5.41, 5.74) is 2.72. The molecule has 0 saturated carbocycles. The van der Waals surface area contributed by atoms with Crippen LogP contribution in [0.1, 0.15) is 21.5 Å². The van der Waals surface area contributed by atoms with Gasteiger partial charge in [0.2, 0.25) is 0 Å². The second-order valence-corrected chi connectivity index (χ2v) is 5.91. The zero-order valence-electron chi connectivity index (χ0n) is 12.4. The van der Waals surface area contributed by atoms with Crippen LogP contribution in [0, 0.1) is 6.92 Å². The average molecular weight is 348 g/mol. The van der Waals surface area contributed by atoms with E-state index in [0.717, 1.165) is 21.3 Å². The van der Waals surface area contributed by atoms with Gasteiger partial charge in [-0.1, -0.05) is 34.1 Å². The maximum atomic E-state index is 12.5. The molecule has 2 aromatic rings. The van der Waals surface area contributed by atoms with Crippen molar-refractivity contribution in [2.45, 2.75) is 13.5 Å². The molecule has 2 rings (SSSR count). The summed E-state index contributed by atoms with van der Waals surface area (Å²) in [5.74, 6) is 0.785. The van der Waals surface area contributed by atoms with Crippen molar-refractivity contribution in [3.63, 3.8) is 0 Å². The third-order valence-electron chi connectivity index (χ3n) is 3.24. The minimum absolute atomic E-state index is 0.00898. The van der Waals surface area contributed by atoms with E-state index in [1.165, 1.54) is 0 Å². The normalized spacial score (nSPS) is 10.3. The SMILES string of the molecule is COc1ccccc1CN(C)C(=O)c1cc(C)cc(Br)c1. The van der Waals surface area contributed by atoms with Crippen LogP contribution in [0.25, 0.3) is 0 Å². The smallest absolute Gasteiger partial charge is 0.253 e. The van der Waals surface area contributed by atoms with E-state index >= 15 is 0 Å². The number of hydrogen-bond donors (Lipinski definition) is 0. The number of aryl methyl sites for hydroxylation is 1. The van der Waals surface area contributed by atoms with Gasteiger partial charge in [0.15, 0.2) is 0 Å². The number of benzene rings is 2. The van der Waals surface area contributed by atoms with Gasteiger partial charge in [0.25, 0.3) is 5.91 Å². The molecule has 0 bridgehead atoms. The third-order valence-corrected chi connectivity index (χ3v) is 3.69. The van der Waals surface area contributed by atoms with Gasteiger partial charge in [-0.2, -0.15) is 0 Å². The first kappa shape index (κ1) is 15.6. The fraction of sp³-hybridized carbons (Fsp3) is 0.235. The largest absolute Gasteiger partial charge is 0.496 e. The van der Waals surface area contributed by atoms with E-state index in [9.17, 15) is 4.79 Å². The summed E-state index contributed by atoms with van der Waals surface area (Å²) in [5, 5.41) is 0. The Hall–Kier alpha value is -1.81. The first-order valence-electron chi connectivity index (χ1n) is 6.66. The summed E-state index contributed by atoms with van der Waals surface area (Å²) >= 11 is 3.43. The third kappa shape index (κ3) is 3.85. The van der Waals surface area contributed by atoms with E-state index in [2.05, 4.69) is 15.9 Å². The lowest BCUT2D eigenvalue weighted by atomic mass is 10.1. The van der Waals surface area contributed by atoms with Crippen LogP contribution >= 0.6 is 15.9 Å². The van der Waals surface area contributed by atoms with Crippen molar-refractivity contribution in [3.8, 4) is 5.75 Å². The summed E-state index contributed by atoms with van der Waals surface area (Å²) in [6.45, 7) is 2.48. The summed E-state index contributed by atoms with van der Waals surface area (Å²) in [6.07, 6.45) is 0. The molecular formula is C17H18BrNO2. The molecule has 0 N–H and O–H groups in total. The Kier molecular flexibility index (Phi) is 5.02. The molecule has 0 aromatic heterocycles. The number of carbonyl (C=O) groups excluding carboxylic acids is 1. The van der Waals surface area contributed by atoms with Gasteiger partial charge >= 0.3 is 0 Å². The number of hydrogen-bond acceptors (Lipinski definition) is 2. The maximum absolute atomic E-state index is 12.5. The predicted molar refractivity (Wildman–Crippen MR) is 87.7 cm³/mol. The molecule has 0 saturated heterocycles. The minimum atomic E-state index is -0.00898. The molecule has 0 aliphatic rings. The van der Waals surface area contributed by atoms with E-state index in [0.29, 0.717) is 12.1 Å². The Morgan fingerprint density at radius 2 is 1.95 bits per heavy atom. The molecule has 0 aliphatic heterocycles. The number of rotatable bonds is 4. The quantitative estimate of drug-likeness (QED) is 0.835. The van der Waals surface area contributed by atoms with Crippen molar-refractivity contribution in [2.75, 3.05) is 14.2 Å². The van der Waals surface area contributed by atoms with Crippen LogP contribution < -0.4 is 4.74 Å². The van der Waals surface area contributed by atoms with Crippen molar-refractivity contribution in [3.05, 3.63) is 63.6 Å². The van der Waals surface area contributed by atoms with Gasteiger partial charge < -0.3 is 9.64 Å². The Balaban J connectivity index is 2.19. The van der Waals surface area contributed by atoms with Crippen molar-refractivity contribution >= 4 is 21.8 Å². The fourth-order valence-electron chi connectivity index (χ4n) is 2.24. The van der Waals surface area contributed by atoms with Crippen molar-refractivity contribution in [1.82, 2.24) is 4.90 Å². The molecule has 0 spiro atoms. The predicted octanol–water partition coefficient (Wildman–Crippen LogP) is 4.04. The number of carbonyl (C=O) groups is 1. The Labute approximate surface area is 133 Å². The molecule has 0 fully saturated rings. The van der Waals surface area contributed by atoms with E-state index in [1.807, 2.05) is 49.4 Å². The molecule has 0 unspecified atom stereocenters.